The number of halogens is 2. The second-order valence-corrected chi connectivity index (χ2v) is 6.35. The number of amides is 1. The summed E-state index contributed by atoms with van der Waals surface area (Å²) in [4.78, 5) is 24.3. The number of nitrogens with zero attached hydrogens (tertiary/aromatic N) is 2. The van der Waals surface area contributed by atoms with Crippen LogP contribution in [0.2, 0.25) is 5.02 Å². The topological polar surface area (TPSA) is 64.0 Å². The number of benzene rings is 2. The van der Waals surface area contributed by atoms with Gasteiger partial charge in [0.25, 0.3) is 5.56 Å². The molecule has 0 aliphatic carbocycles. The summed E-state index contributed by atoms with van der Waals surface area (Å²) in [6, 6.07) is 14.7. The standard InChI is InChI=1S/C20H17ClFN3O2/c1-2-13-3-5-14(6-4-13)18-9-10-20(27)25(24-18)12-19(26)23-15-7-8-17(22)16(21)11-15/h3-11H,2,12H2,1H3,(H,23,26). The zero-order valence-corrected chi connectivity index (χ0v) is 15.3. The van der Waals surface area contributed by atoms with Gasteiger partial charge >= 0.3 is 0 Å². The first-order chi connectivity index (χ1) is 13.0. The third-order valence-corrected chi connectivity index (χ3v) is 4.31. The molecule has 138 valence electrons. The lowest BCUT2D eigenvalue weighted by Crippen LogP contribution is -2.29. The van der Waals surface area contributed by atoms with E-state index in [2.05, 4.69) is 17.3 Å². The highest BCUT2D eigenvalue weighted by atomic mass is 35.5. The average Bonchev–Trinajstić information content (AvgIpc) is 2.66. The first kappa shape index (κ1) is 18.8. The van der Waals surface area contributed by atoms with Crippen molar-refractivity contribution in [1.29, 1.82) is 0 Å². The number of nitrogens with one attached hydrogen (secondary N) is 1. The van der Waals surface area contributed by atoms with Gasteiger partial charge < -0.3 is 5.32 Å². The summed E-state index contributed by atoms with van der Waals surface area (Å²) in [6.45, 7) is 1.80. The van der Waals surface area contributed by atoms with Crippen LogP contribution in [0.4, 0.5) is 10.1 Å². The first-order valence-electron chi connectivity index (χ1n) is 8.38. The normalized spacial score (nSPS) is 10.6. The van der Waals surface area contributed by atoms with Gasteiger partial charge in [-0.1, -0.05) is 42.8 Å². The number of hydrogen-bond donors (Lipinski definition) is 1. The van der Waals surface area contributed by atoms with Crippen LogP contribution in [0.1, 0.15) is 12.5 Å². The maximum Gasteiger partial charge on any atom is 0.267 e. The molecule has 0 atom stereocenters. The molecule has 3 aromatic rings. The third kappa shape index (κ3) is 4.60. The number of rotatable bonds is 5. The van der Waals surface area contributed by atoms with Crippen molar-refractivity contribution in [3.8, 4) is 11.3 Å². The van der Waals surface area contributed by atoms with Crippen LogP contribution < -0.4 is 10.9 Å². The van der Waals surface area contributed by atoms with Crippen molar-refractivity contribution in [2.75, 3.05) is 5.32 Å². The van der Waals surface area contributed by atoms with Crippen molar-refractivity contribution in [3.63, 3.8) is 0 Å². The van der Waals surface area contributed by atoms with Gasteiger partial charge in [-0.15, -0.1) is 0 Å². The van der Waals surface area contributed by atoms with Gasteiger partial charge in [-0.2, -0.15) is 5.10 Å². The smallest absolute Gasteiger partial charge is 0.267 e. The Labute approximate surface area is 160 Å². The summed E-state index contributed by atoms with van der Waals surface area (Å²) in [5.74, 6) is -1.04. The lowest BCUT2D eigenvalue weighted by molar-refractivity contribution is -0.117. The van der Waals surface area contributed by atoms with Gasteiger partial charge in [0.05, 0.1) is 10.7 Å². The highest BCUT2D eigenvalue weighted by Crippen LogP contribution is 2.19. The van der Waals surface area contributed by atoms with E-state index in [0.29, 0.717) is 11.4 Å². The first-order valence-corrected chi connectivity index (χ1v) is 8.76. The SMILES string of the molecule is CCc1ccc(-c2ccc(=O)n(CC(=O)Nc3ccc(F)c(Cl)c3)n2)cc1. The van der Waals surface area contributed by atoms with E-state index in [-0.39, 0.29) is 11.6 Å². The van der Waals surface area contributed by atoms with Crippen molar-refractivity contribution >= 4 is 23.2 Å². The lowest BCUT2D eigenvalue weighted by atomic mass is 10.1. The van der Waals surface area contributed by atoms with Gasteiger partial charge in [0.15, 0.2) is 0 Å². The minimum Gasteiger partial charge on any atom is -0.324 e. The molecular formula is C20H17ClFN3O2. The molecule has 0 spiro atoms. The monoisotopic (exact) mass is 385 g/mol. The van der Waals surface area contributed by atoms with Crippen LogP contribution in [0.3, 0.4) is 0 Å². The summed E-state index contributed by atoms with van der Waals surface area (Å²) in [7, 11) is 0. The van der Waals surface area contributed by atoms with Crippen molar-refractivity contribution < 1.29 is 9.18 Å². The molecule has 0 saturated carbocycles. The Morgan fingerprint density at radius 1 is 1.15 bits per heavy atom. The van der Waals surface area contributed by atoms with E-state index in [1.54, 1.807) is 6.07 Å². The van der Waals surface area contributed by atoms with Crippen LogP contribution in [-0.4, -0.2) is 15.7 Å². The molecule has 0 bridgehead atoms. The predicted molar refractivity (Wildman–Crippen MR) is 103 cm³/mol. The largest absolute Gasteiger partial charge is 0.324 e. The molecular weight excluding hydrogens is 369 g/mol. The van der Waals surface area contributed by atoms with E-state index in [0.717, 1.165) is 22.7 Å². The van der Waals surface area contributed by atoms with E-state index in [4.69, 9.17) is 11.6 Å². The number of anilines is 1. The van der Waals surface area contributed by atoms with E-state index < -0.39 is 17.3 Å². The number of aryl methyl sites for hydroxylation is 1. The van der Waals surface area contributed by atoms with Crippen molar-refractivity contribution in [1.82, 2.24) is 9.78 Å². The Morgan fingerprint density at radius 3 is 2.56 bits per heavy atom. The fraction of sp³-hybridized carbons (Fsp3) is 0.150. The summed E-state index contributed by atoms with van der Waals surface area (Å²) in [5, 5.41) is 6.74. The second-order valence-electron chi connectivity index (χ2n) is 5.94. The molecule has 0 radical (unpaired) electrons. The van der Waals surface area contributed by atoms with Crippen LogP contribution in [0.5, 0.6) is 0 Å². The minimum absolute atomic E-state index is 0.0967. The number of carbonyl (C=O) groups excluding carboxylic acids is 1. The quantitative estimate of drug-likeness (QED) is 0.724. The van der Waals surface area contributed by atoms with E-state index in [1.165, 1.54) is 23.8 Å². The van der Waals surface area contributed by atoms with Crippen LogP contribution in [-0.2, 0) is 17.8 Å². The number of hydrogen-bond acceptors (Lipinski definition) is 3. The Kier molecular flexibility index (Phi) is 5.66. The highest BCUT2D eigenvalue weighted by Gasteiger charge is 2.10. The highest BCUT2D eigenvalue weighted by molar-refractivity contribution is 6.31. The molecule has 0 aliphatic rings. The summed E-state index contributed by atoms with van der Waals surface area (Å²) in [6.07, 6.45) is 0.931. The Hall–Kier alpha value is -2.99. The van der Waals surface area contributed by atoms with Crippen LogP contribution in [0, 0.1) is 5.82 Å². The van der Waals surface area contributed by atoms with Crippen LogP contribution in [0.25, 0.3) is 11.3 Å². The second kappa shape index (κ2) is 8.14. The molecule has 3 rings (SSSR count). The molecule has 7 heteroatoms. The zero-order valence-electron chi connectivity index (χ0n) is 14.6. The van der Waals surface area contributed by atoms with Gasteiger partial charge in [-0.05, 0) is 36.2 Å². The van der Waals surface area contributed by atoms with Gasteiger partial charge in [-0.3, -0.25) is 9.59 Å². The van der Waals surface area contributed by atoms with Gasteiger partial charge in [0, 0.05) is 17.3 Å². The molecule has 1 aromatic heterocycles. The van der Waals surface area contributed by atoms with Gasteiger partial charge in [0.1, 0.15) is 12.4 Å². The van der Waals surface area contributed by atoms with Gasteiger partial charge in [-0.25, -0.2) is 9.07 Å². The Bertz CT molecular complexity index is 1030. The molecule has 1 amide bonds. The van der Waals surface area contributed by atoms with Gasteiger partial charge in [0.2, 0.25) is 5.91 Å². The summed E-state index contributed by atoms with van der Waals surface area (Å²) < 4.78 is 14.3. The lowest BCUT2D eigenvalue weighted by Gasteiger charge is -2.09. The van der Waals surface area contributed by atoms with Crippen molar-refractivity contribution in [2.45, 2.75) is 19.9 Å². The molecule has 1 N–H and O–H groups in total. The number of aromatic nitrogens is 2. The molecule has 5 nitrogen and oxygen atoms in total. The maximum atomic E-state index is 13.2. The predicted octanol–water partition coefficient (Wildman–Crippen LogP) is 3.90. The molecule has 1 heterocycles. The Morgan fingerprint density at radius 2 is 1.89 bits per heavy atom. The van der Waals surface area contributed by atoms with Crippen molar-refractivity contribution in [3.05, 3.63) is 81.4 Å². The molecule has 2 aromatic carbocycles. The molecule has 0 aliphatic heterocycles. The Balaban J connectivity index is 1.78. The fourth-order valence-corrected chi connectivity index (χ4v) is 2.72. The minimum atomic E-state index is -0.575. The van der Waals surface area contributed by atoms with E-state index in [1.807, 2.05) is 24.3 Å². The zero-order chi connectivity index (χ0) is 19.4. The van der Waals surface area contributed by atoms with Crippen LogP contribution in [0.15, 0.2) is 59.4 Å². The summed E-state index contributed by atoms with van der Waals surface area (Å²) in [5.41, 5.74) is 2.59. The molecule has 0 fully saturated rings. The molecule has 27 heavy (non-hydrogen) atoms. The third-order valence-electron chi connectivity index (χ3n) is 4.02. The fourth-order valence-electron chi connectivity index (χ4n) is 2.54. The number of carbonyl (C=O) groups is 1. The van der Waals surface area contributed by atoms with Crippen molar-refractivity contribution in [2.24, 2.45) is 0 Å². The molecule has 0 unspecified atom stereocenters. The van der Waals surface area contributed by atoms with E-state index >= 15 is 0 Å². The maximum absolute atomic E-state index is 13.2. The summed E-state index contributed by atoms with van der Waals surface area (Å²) >= 11 is 5.70. The molecule has 0 saturated heterocycles. The van der Waals surface area contributed by atoms with Crippen LogP contribution >= 0.6 is 11.6 Å². The van der Waals surface area contributed by atoms with E-state index in [9.17, 15) is 14.0 Å². The average molecular weight is 386 g/mol.